The van der Waals surface area contributed by atoms with E-state index in [0.29, 0.717) is 0 Å². The summed E-state index contributed by atoms with van der Waals surface area (Å²) in [6.07, 6.45) is 0.842. The third-order valence-electron chi connectivity index (χ3n) is 5.67. The van der Waals surface area contributed by atoms with Gasteiger partial charge in [-0.05, 0) is 35.9 Å². The van der Waals surface area contributed by atoms with Crippen molar-refractivity contribution in [1.29, 1.82) is 0 Å². The Morgan fingerprint density at radius 1 is 0.964 bits per heavy atom. The van der Waals surface area contributed by atoms with Crippen molar-refractivity contribution in [3.8, 4) is 11.5 Å². The molecule has 0 spiro atoms. The second-order valence-corrected chi connectivity index (χ2v) is 7.33. The number of hydrogen-bond donors (Lipinski definition) is 0. The number of nitrogens with zero attached hydrogens (tertiary/aromatic N) is 2. The van der Waals surface area contributed by atoms with E-state index in [-0.39, 0.29) is 6.04 Å². The van der Waals surface area contributed by atoms with Crippen molar-refractivity contribution in [3.05, 3.63) is 95.6 Å². The Bertz CT molecular complexity index is 1030. The monoisotopic (exact) mass is 370 g/mol. The molecule has 140 valence electrons. The summed E-state index contributed by atoms with van der Waals surface area (Å²) < 4.78 is 11.8. The van der Waals surface area contributed by atoms with Gasteiger partial charge in [-0.2, -0.15) is 5.10 Å². The van der Waals surface area contributed by atoms with Crippen LogP contribution in [0, 0.1) is 0 Å². The molecule has 3 aromatic carbocycles. The third-order valence-corrected chi connectivity index (χ3v) is 5.67. The number of rotatable bonds is 3. The first-order valence-electron chi connectivity index (χ1n) is 9.54. The van der Waals surface area contributed by atoms with Gasteiger partial charge in [0.25, 0.3) is 0 Å². The van der Waals surface area contributed by atoms with Crippen molar-refractivity contribution in [3.63, 3.8) is 0 Å². The molecule has 2 aliphatic heterocycles. The Morgan fingerprint density at radius 3 is 2.43 bits per heavy atom. The second kappa shape index (κ2) is 6.41. The molecule has 0 unspecified atom stereocenters. The van der Waals surface area contributed by atoms with Gasteiger partial charge in [0.15, 0.2) is 0 Å². The van der Waals surface area contributed by atoms with E-state index in [1.54, 1.807) is 7.11 Å². The molecule has 0 bridgehead atoms. The van der Waals surface area contributed by atoms with E-state index in [1.165, 1.54) is 5.56 Å². The molecular weight excluding hydrogens is 348 g/mol. The fraction of sp³-hybridized carbons (Fsp3) is 0.208. The Hall–Kier alpha value is -3.27. The van der Waals surface area contributed by atoms with E-state index in [2.05, 4.69) is 54.4 Å². The number of benzene rings is 3. The number of ether oxygens (including phenoxy) is 2. The maximum atomic E-state index is 6.54. The van der Waals surface area contributed by atoms with Crippen LogP contribution in [0.3, 0.4) is 0 Å². The van der Waals surface area contributed by atoms with E-state index in [9.17, 15) is 0 Å². The van der Waals surface area contributed by atoms with Gasteiger partial charge in [-0.3, -0.25) is 0 Å². The lowest BCUT2D eigenvalue weighted by atomic mass is 9.92. The summed E-state index contributed by atoms with van der Waals surface area (Å²) in [5, 5.41) is 7.18. The van der Waals surface area contributed by atoms with E-state index >= 15 is 0 Å². The topological polar surface area (TPSA) is 34.1 Å². The van der Waals surface area contributed by atoms with Gasteiger partial charge in [-0.15, -0.1) is 0 Å². The van der Waals surface area contributed by atoms with Crippen LogP contribution in [0.15, 0.2) is 84.0 Å². The van der Waals surface area contributed by atoms with Crippen molar-refractivity contribution in [2.24, 2.45) is 5.10 Å². The first kappa shape index (κ1) is 16.9. The highest BCUT2D eigenvalue weighted by Crippen LogP contribution is 2.50. The third kappa shape index (κ3) is 2.56. The molecule has 28 heavy (non-hydrogen) atoms. The van der Waals surface area contributed by atoms with Gasteiger partial charge in [-0.1, -0.05) is 48.5 Å². The summed E-state index contributed by atoms with van der Waals surface area (Å²) in [4.78, 5) is 0. The van der Waals surface area contributed by atoms with Crippen molar-refractivity contribution < 1.29 is 9.47 Å². The van der Waals surface area contributed by atoms with Gasteiger partial charge in [0.2, 0.25) is 5.72 Å². The number of hydrogen-bond acceptors (Lipinski definition) is 4. The Balaban J connectivity index is 1.61. The largest absolute Gasteiger partial charge is 0.497 e. The summed E-state index contributed by atoms with van der Waals surface area (Å²) in [5.41, 5.74) is 3.80. The second-order valence-electron chi connectivity index (χ2n) is 7.33. The Morgan fingerprint density at radius 2 is 1.68 bits per heavy atom. The molecule has 0 radical (unpaired) electrons. The molecule has 4 nitrogen and oxygen atoms in total. The summed E-state index contributed by atoms with van der Waals surface area (Å²) in [6.45, 7) is 2.10. The lowest BCUT2D eigenvalue weighted by Gasteiger charge is -2.46. The van der Waals surface area contributed by atoms with Crippen LogP contribution < -0.4 is 9.47 Å². The predicted molar refractivity (Wildman–Crippen MR) is 110 cm³/mol. The molecule has 2 atom stereocenters. The number of methoxy groups -OCH3 is 1. The summed E-state index contributed by atoms with van der Waals surface area (Å²) in [6, 6.07) is 26.9. The molecule has 3 aromatic rings. The molecule has 0 aromatic heterocycles. The molecule has 2 aliphatic rings. The average Bonchev–Trinajstić information content (AvgIpc) is 3.21. The maximum Gasteiger partial charge on any atom is 0.221 e. The lowest BCUT2D eigenvalue weighted by molar-refractivity contribution is -0.112. The van der Waals surface area contributed by atoms with Gasteiger partial charge in [0.1, 0.15) is 11.5 Å². The molecule has 5 rings (SSSR count). The van der Waals surface area contributed by atoms with Crippen LogP contribution in [-0.2, 0) is 5.72 Å². The fourth-order valence-electron chi connectivity index (χ4n) is 4.15. The van der Waals surface area contributed by atoms with E-state index in [0.717, 1.165) is 34.8 Å². The zero-order valence-electron chi connectivity index (χ0n) is 16.0. The molecule has 0 saturated heterocycles. The first-order valence-corrected chi connectivity index (χ1v) is 9.54. The molecule has 0 fully saturated rings. The van der Waals surface area contributed by atoms with Crippen LogP contribution >= 0.6 is 0 Å². The van der Waals surface area contributed by atoms with E-state index < -0.39 is 5.72 Å². The van der Waals surface area contributed by atoms with Crippen molar-refractivity contribution in [2.45, 2.75) is 25.1 Å². The van der Waals surface area contributed by atoms with E-state index in [4.69, 9.17) is 14.6 Å². The van der Waals surface area contributed by atoms with Gasteiger partial charge in [0, 0.05) is 24.5 Å². The fourth-order valence-corrected chi connectivity index (χ4v) is 4.15. The summed E-state index contributed by atoms with van der Waals surface area (Å²) >= 11 is 0. The molecule has 0 amide bonds. The Kier molecular flexibility index (Phi) is 3.86. The quantitative estimate of drug-likeness (QED) is 0.642. The van der Waals surface area contributed by atoms with Crippen LogP contribution in [0.2, 0.25) is 0 Å². The highest BCUT2D eigenvalue weighted by molar-refractivity contribution is 6.02. The average molecular weight is 370 g/mol. The minimum atomic E-state index is -0.658. The minimum absolute atomic E-state index is 0.146. The minimum Gasteiger partial charge on any atom is -0.497 e. The Labute approximate surface area is 165 Å². The molecule has 2 heterocycles. The SMILES string of the molecule is COc1ccc(C2=NN3[C@@H](C2)c2ccccc2O[C@]3(C)c2ccccc2)cc1. The normalized spacial score (nSPS) is 22.7. The van der Waals surface area contributed by atoms with Crippen LogP contribution in [0.5, 0.6) is 11.5 Å². The zero-order chi connectivity index (χ0) is 19.1. The number of fused-ring (bicyclic) bond motifs is 3. The number of para-hydroxylation sites is 1. The van der Waals surface area contributed by atoms with Crippen molar-refractivity contribution in [2.75, 3.05) is 7.11 Å². The summed E-state index contributed by atoms with van der Waals surface area (Å²) in [7, 11) is 1.68. The zero-order valence-corrected chi connectivity index (χ0v) is 16.0. The molecular formula is C24H22N2O2. The smallest absolute Gasteiger partial charge is 0.221 e. The van der Waals surface area contributed by atoms with Crippen LogP contribution in [0.1, 0.15) is 36.1 Å². The van der Waals surface area contributed by atoms with Crippen molar-refractivity contribution in [1.82, 2.24) is 5.01 Å². The molecule has 0 N–H and O–H groups in total. The molecule has 4 heteroatoms. The van der Waals surface area contributed by atoms with Crippen LogP contribution in [-0.4, -0.2) is 17.8 Å². The lowest BCUT2D eigenvalue weighted by Crippen LogP contribution is -2.48. The highest BCUT2D eigenvalue weighted by Gasteiger charge is 2.48. The van der Waals surface area contributed by atoms with Gasteiger partial charge in [-0.25, -0.2) is 5.01 Å². The first-order chi connectivity index (χ1) is 13.7. The van der Waals surface area contributed by atoms with Gasteiger partial charge >= 0.3 is 0 Å². The summed E-state index contributed by atoms with van der Waals surface area (Å²) in [5.74, 6) is 1.78. The predicted octanol–water partition coefficient (Wildman–Crippen LogP) is 5.11. The van der Waals surface area contributed by atoms with Gasteiger partial charge < -0.3 is 9.47 Å². The maximum absolute atomic E-state index is 6.54. The van der Waals surface area contributed by atoms with Gasteiger partial charge in [0.05, 0.1) is 18.9 Å². The van der Waals surface area contributed by atoms with E-state index in [1.807, 2.05) is 36.4 Å². The number of hydrazone groups is 1. The standard InChI is InChI=1S/C24H22N2O2/c1-24(18-8-4-3-5-9-18)26-22(20-10-6-7-11-23(20)28-24)16-21(25-26)17-12-14-19(27-2)15-13-17/h3-15,22H,16H2,1-2H3/t22-,24+/m0/s1. The van der Waals surface area contributed by atoms with Crippen LogP contribution in [0.4, 0.5) is 0 Å². The molecule has 0 saturated carbocycles. The van der Waals surface area contributed by atoms with Crippen LogP contribution in [0.25, 0.3) is 0 Å². The van der Waals surface area contributed by atoms with Crippen molar-refractivity contribution >= 4 is 5.71 Å². The highest BCUT2D eigenvalue weighted by atomic mass is 16.5. The molecule has 0 aliphatic carbocycles.